The van der Waals surface area contributed by atoms with Crippen LogP contribution in [0.25, 0.3) is 0 Å². The third-order valence-electron chi connectivity index (χ3n) is 3.25. The van der Waals surface area contributed by atoms with Gasteiger partial charge >= 0.3 is 0 Å². The summed E-state index contributed by atoms with van der Waals surface area (Å²) >= 11 is 0. The second-order valence-electron chi connectivity index (χ2n) is 5.24. The molecule has 78 valence electrons. The van der Waals surface area contributed by atoms with Crippen molar-refractivity contribution in [3.05, 3.63) is 0 Å². The van der Waals surface area contributed by atoms with Gasteiger partial charge in [-0.2, -0.15) is 0 Å². The molecule has 0 aromatic rings. The fourth-order valence-electron chi connectivity index (χ4n) is 2.15. The van der Waals surface area contributed by atoms with Gasteiger partial charge < -0.3 is 5.73 Å². The molecule has 2 N–H and O–H groups in total. The summed E-state index contributed by atoms with van der Waals surface area (Å²) in [6.45, 7) is 11.5. The Labute approximate surface area is 82.5 Å². The summed E-state index contributed by atoms with van der Waals surface area (Å²) < 4.78 is 0. The molecule has 1 rings (SSSR count). The maximum absolute atomic E-state index is 6.14. The fourth-order valence-corrected chi connectivity index (χ4v) is 2.15. The molecule has 2 nitrogen and oxygen atoms in total. The predicted molar refractivity (Wildman–Crippen MR) is 57.7 cm³/mol. The lowest BCUT2D eigenvalue weighted by atomic mass is 9.85. The Morgan fingerprint density at radius 3 is 2.62 bits per heavy atom. The molecule has 0 bridgehead atoms. The van der Waals surface area contributed by atoms with Gasteiger partial charge in [-0.3, -0.25) is 4.90 Å². The highest BCUT2D eigenvalue weighted by Crippen LogP contribution is 2.26. The van der Waals surface area contributed by atoms with Crippen LogP contribution in [0.5, 0.6) is 0 Å². The smallest absolute Gasteiger partial charge is 0.0304 e. The van der Waals surface area contributed by atoms with Gasteiger partial charge in [-0.1, -0.05) is 13.8 Å². The van der Waals surface area contributed by atoms with E-state index in [0.29, 0.717) is 6.04 Å². The molecule has 1 atom stereocenters. The van der Waals surface area contributed by atoms with Crippen LogP contribution in [-0.4, -0.2) is 29.6 Å². The van der Waals surface area contributed by atoms with Gasteiger partial charge in [-0.15, -0.1) is 0 Å². The zero-order chi connectivity index (χ0) is 10.1. The predicted octanol–water partition coefficient (Wildman–Crippen LogP) is 1.84. The highest BCUT2D eigenvalue weighted by Gasteiger charge is 2.36. The van der Waals surface area contributed by atoms with Crippen molar-refractivity contribution < 1.29 is 0 Å². The minimum absolute atomic E-state index is 0.197. The zero-order valence-corrected chi connectivity index (χ0v) is 9.51. The van der Waals surface area contributed by atoms with Crippen molar-refractivity contribution in [3.63, 3.8) is 0 Å². The van der Waals surface area contributed by atoms with Gasteiger partial charge in [-0.25, -0.2) is 0 Å². The minimum Gasteiger partial charge on any atom is -0.326 e. The van der Waals surface area contributed by atoms with E-state index in [9.17, 15) is 0 Å². The van der Waals surface area contributed by atoms with E-state index in [4.69, 9.17) is 5.73 Å². The first-order valence-electron chi connectivity index (χ1n) is 5.45. The van der Waals surface area contributed by atoms with Crippen LogP contribution in [-0.2, 0) is 0 Å². The summed E-state index contributed by atoms with van der Waals surface area (Å²) in [6, 6.07) is 0.347. The van der Waals surface area contributed by atoms with Crippen LogP contribution in [0.4, 0.5) is 0 Å². The lowest BCUT2D eigenvalue weighted by Gasteiger charge is -2.47. The molecule has 1 heterocycles. The molecule has 0 saturated carbocycles. The van der Waals surface area contributed by atoms with Crippen LogP contribution in [0.2, 0.25) is 0 Å². The van der Waals surface area contributed by atoms with Crippen LogP contribution in [0, 0.1) is 5.92 Å². The molecule has 0 amide bonds. The van der Waals surface area contributed by atoms with Crippen molar-refractivity contribution in [2.45, 2.75) is 52.1 Å². The van der Waals surface area contributed by atoms with Gasteiger partial charge in [-0.05, 0) is 39.2 Å². The number of likely N-dealkylation sites (tertiary alicyclic amines) is 1. The summed E-state index contributed by atoms with van der Waals surface area (Å²) in [5.74, 6) is 0.740. The van der Waals surface area contributed by atoms with E-state index >= 15 is 0 Å². The molecular weight excluding hydrogens is 160 g/mol. The Kier molecular flexibility index (Phi) is 3.36. The van der Waals surface area contributed by atoms with Gasteiger partial charge in [0.25, 0.3) is 0 Å². The van der Waals surface area contributed by atoms with Gasteiger partial charge in [0.05, 0.1) is 0 Å². The summed E-state index contributed by atoms with van der Waals surface area (Å²) in [6.07, 6.45) is 2.44. The Hall–Kier alpha value is -0.0800. The van der Waals surface area contributed by atoms with Crippen molar-refractivity contribution in [2.24, 2.45) is 11.7 Å². The maximum Gasteiger partial charge on any atom is 0.0304 e. The van der Waals surface area contributed by atoms with Gasteiger partial charge in [0.1, 0.15) is 0 Å². The Balaban J connectivity index is 2.61. The van der Waals surface area contributed by atoms with E-state index < -0.39 is 0 Å². The van der Waals surface area contributed by atoms with Crippen LogP contribution in [0.3, 0.4) is 0 Å². The Bertz CT molecular complexity index is 163. The molecule has 2 heteroatoms. The number of piperidine rings is 1. The number of rotatable bonds is 2. The molecule has 0 aliphatic carbocycles. The number of nitrogens with two attached hydrogens (primary N) is 1. The molecule has 1 aliphatic rings. The van der Waals surface area contributed by atoms with E-state index in [1.54, 1.807) is 0 Å². The van der Waals surface area contributed by atoms with Crippen LogP contribution in [0.15, 0.2) is 0 Å². The standard InChI is InChI=1S/C11H24N2/c1-9(2)8-13-7-5-6-10(12)11(13,3)4/h9-10H,5-8,12H2,1-4H3. The molecule has 1 saturated heterocycles. The highest BCUT2D eigenvalue weighted by molar-refractivity contribution is 4.95. The molecule has 1 aliphatic heterocycles. The Morgan fingerprint density at radius 2 is 2.08 bits per heavy atom. The molecule has 0 aromatic heterocycles. The van der Waals surface area contributed by atoms with Crippen molar-refractivity contribution >= 4 is 0 Å². The number of hydrogen-bond donors (Lipinski definition) is 1. The van der Waals surface area contributed by atoms with E-state index in [0.717, 1.165) is 5.92 Å². The van der Waals surface area contributed by atoms with E-state index in [2.05, 4.69) is 32.6 Å². The van der Waals surface area contributed by atoms with Crippen LogP contribution < -0.4 is 5.73 Å². The van der Waals surface area contributed by atoms with E-state index in [-0.39, 0.29) is 5.54 Å². The normalized spacial score (nSPS) is 29.5. The van der Waals surface area contributed by atoms with Crippen molar-refractivity contribution in [1.29, 1.82) is 0 Å². The second kappa shape index (κ2) is 3.97. The molecule has 1 unspecified atom stereocenters. The highest BCUT2D eigenvalue weighted by atomic mass is 15.2. The van der Waals surface area contributed by atoms with Crippen molar-refractivity contribution in [1.82, 2.24) is 4.90 Å². The molecular formula is C11H24N2. The molecule has 1 fully saturated rings. The second-order valence-corrected chi connectivity index (χ2v) is 5.24. The van der Waals surface area contributed by atoms with E-state index in [1.807, 2.05) is 0 Å². The van der Waals surface area contributed by atoms with Gasteiger partial charge in [0.2, 0.25) is 0 Å². The summed E-state index contributed by atoms with van der Waals surface area (Å²) in [4.78, 5) is 2.55. The van der Waals surface area contributed by atoms with Crippen LogP contribution >= 0.6 is 0 Å². The third-order valence-corrected chi connectivity index (χ3v) is 3.25. The quantitative estimate of drug-likeness (QED) is 0.709. The molecule has 0 aromatic carbocycles. The SMILES string of the molecule is CC(C)CN1CCCC(N)C1(C)C. The van der Waals surface area contributed by atoms with Crippen molar-refractivity contribution in [2.75, 3.05) is 13.1 Å². The number of hydrogen-bond acceptors (Lipinski definition) is 2. The first kappa shape index (κ1) is 11.0. The summed E-state index contributed by atoms with van der Waals surface area (Å²) in [5, 5.41) is 0. The Morgan fingerprint density at radius 1 is 1.46 bits per heavy atom. The van der Waals surface area contributed by atoms with Gasteiger partial charge in [0.15, 0.2) is 0 Å². The maximum atomic E-state index is 6.14. The molecule has 13 heavy (non-hydrogen) atoms. The van der Waals surface area contributed by atoms with E-state index in [1.165, 1.54) is 25.9 Å². The first-order valence-corrected chi connectivity index (χ1v) is 5.45. The zero-order valence-electron chi connectivity index (χ0n) is 9.51. The largest absolute Gasteiger partial charge is 0.326 e. The lowest BCUT2D eigenvalue weighted by Crippen LogP contribution is -2.60. The lowest BCUT2D eigenvalue weighted by molar-refractivity contribution is 0.0470. The summed E-state index contributed by atoms with van der Waals surface area (Å²) in [7, 11) is 0. The first-order chi connectivity index (χ1) is 5.94. The summed E-state index contributed by atoms with van der Waals surface area (Å²) in [5.41, 5.74) is 6.33. The third kappa shape index (κ3) is 2.44. The average Bonchev–Trinajstić information content (AvgIpc) is 1.99. The topological polar surface area (TPSA) is 29.3 Å². The minimum atomic E-state index is 0.197. The van der Waals surface area contributed by atoms with Crippen molar-refractivity contribution in [3.8, 4) is 0 Å². The number of nitrogens with zero attached hydrogens (tertiary/aromatic N) is 1. The average molecular weight is 184 g/mol. The molecule has 0 spiro atoms. The monoisotopic (exact) mass is 184 g/mol. The fraction of sp³-hybridized carbons (Fsp3) is 1.00. The van der Waals surface area contributed by atoms with Crippen LogP contribution in [0.1, 0.15) is 40.5 Å². The van der Waals surface area contributed by atoms with Gasteiger partial charge in [0, 0.05) is 18.1 Å². The molecule has 0 radical (unpaired) electrons.